The van der Waals surface area contributed by atoms with Crippen molar-refractivity contribution in [1.82, 2.24) is 4.72 Å². The predicted molar refractivity (Wildman–Crippen MR) is 65.9 cm³/mol. The molecule has 6 heteroatoms. The molecule has 1 rings (SSSR count). The first-order chi connectivity index (χ1) is 7.45. The second-order valence-electron chi connectivity index (χ2n) is 3.48. The zero-order valence-corrected chi connectivity index (χ0v) is 11.3. The second kappa shape index (κ2) is 5.77. The summed E-state index contributed by atoms with van der Waals surface area (Å²) in [5.74, 6) is 0. The van der Waals surface area contributed by atoms with E-state index in [0.29, 0.717) is 5.33 Å². The van der Waals surface area contributed by atoms with E-state index in [-0.39, 0.29) is 11.4 Å². The number of hydrogen-bond donors (Lipinski definition) is 2. The lowest BCUT2D eigenvalue weighted by molar-refractivity contribution is 0.198. The van der Waals surface area contributed by atoms with Gasteiger partial charge in [0.1, 0.15) is 0 Å². The third-order valence-corrected chi connectivity index (χ3v) is 4.04. The molecule has 0 saturated carbocycles. The maximum Gasteiger partial charge on any atom is 0.240 e. The molecule has 0 aliphatic heterocycles. The van der Waals surface area contributed by atoms with E-state index in [0.717, 1.165) is 5.56 Å². The predicted octanol–water partition coefficient (Wildman–Crippen LogP) is 1.24. The SMILES string of the molecule is C[C@H](O)CNS(=O)(=O)c1ccc(CBr)cc1. The Kier molecular flexibility index (Phi) is 4.91. The highest BCUT2D eigenvalue weighted by Gasteiger charge is 2.13. The van der Waals surface area contributed by atoms with Crippen molar-refractivity contribution < 1.29 is 13.5 Å². The van der Waals surface area contributed by atoms with Crippen molar-refractivity contribution in [3.63, 3.8) is 0 Å². The Hall–Kier alpha value is -0.430. The van der Waals surface area contributed by atoms with E-state index in [1.165, 1.54) is 6.92 Å². The van der Waals surface area contributed by atoms with Gasteiger partial charge in [-0.2, -0.15) is 0 Å². The van der Waals surface area contributed by atoms with Crippen LogP contribution in [0.5, 0.6) is 0 Å². The molecule has 1 aromatic rings. The molecule has 4 nitrogen and oxygen atoms in total. The van der Waals surface area contributed by atoms with Crippen LogP contribution in [0.15, 0.2) is 29.2 Å². The van der Waals surface area contributed by atoms with Gasteiger partial charge in [0.2, 0.25) is 10.0 Å². The van der Waals surface area contributed by atoms with Gasteiger partial charge in [0.15, 0.2) is 0 Å². The first kappa shape index (κ1) is 13.6. The Balaban J connectivity index is 2.82. The zero-order valence-electron chi connectivity index (χ0n) is 8.85. The monoisotopic (exact) mass is 307 g/mol. The molecule has 1 atom stereocenters. The van der Waals surface area contributed by atoms with Gasteiger partial charge in [-0.1, -0.05) is 28.1 Å². The van der Waals surface area contributed by atoms with Crippen molar-refractivity contribution in [3.8, 4) is 0 Å². The summed E-state index contributed by atoms with van der Waals surface area (Å²) in [6.45, 7) is 1.54. The van der Waals surface area contributed by atoms with E-state index in [4.69, 9.17) is 5.11 Å². The normalized spacial score (nSPS) is 13.7. The third kappa shape index (κ3) is 3.86. The molecular formula is C10H14BrNO3S. The van der Waals surface area contributed by atoms with Crippen LogP contribution >= 0.6 is 15.9 Å². The number of rotatable bonds is 5. The molecule has 16 heavy (non-hydrogen) atoms. The zero-order chi connectivity index (χ0) is 12.2. The Labute approximate surface area is 104 Å². The minimum Gasteiger partial charge on any atom is -0.392 e. The van der Waals surface area contributed by atoms with Crippen LogP contribution in [0.3, 0.4) is 0 Å². The number of aliphatic hydroxyl groups is 1. The molecule has 0 aliphatic rings. The highest BCUT2D eigenvalue weighted by atomic mass is 79.9. The average molecular weight is 308 g/mol. The van der Waals surface area contributed by atoms with Crippen LogP contribution < -0.4 is 4.72 Å². The number of alkyl halides is 1. The number of halogens is 1. The molecule has 0 aliphatic carbocycles. The van der Waals surface area contributed by atoms with Crippen molar-refractivity contribution >= 4 is 26.0 Å². The summed E-state index contributed by atoms with van der Waals surface area (Å²) in [6, 6.07) is 6.57. The molecule has 0 aromatic heterocycles. The fourth-order valence-electron chi connectivity index (χ4n) is 1.07. The van der Waals surface area contributed by atoms with Gasteiger partial charge in [0, 0.05) is 11.9 Å². The summed E-state index contributed by atoms with van der Waals surface area (Å²) in [5, 5.41) is 9.70. The van der Waals surface area contributed by atoms with E-state index in [2.05, 4.69) is 20.7 Å². The van der Waals surface area contributed by atoms with Crippen molar-refractivity contribution in [3.05, 3.63) is 29.8 Å². The summed E-state index contributed by atoms with van der Waals surface area (Å²) in [7, 11) is -3.51. The minimum absolute atomic E-state index is 0.0164. The van der Waals surface area contributed by atoms with Crippen LogP contribution in [0.1, 0.15) is 12.5 Å². The maximum atomic E-state index is 11.7. The maximum absolute atomic E-state index is 11.7. The van der Waals surface area contributed by atoms with Gasteiger partial charge in [-0.05, 0) is 24.6 Å². The van der Waals surface area contributed by atoms with Crippen LogP contribution in [-0.4, -0.2) is 26.2 Å². The smallest absolute Gasteiger partial charge is 0.240 e. The van der Waals surface area contributed by atoms with Crippen molar-refractivity contribution in [2.45, 2.75) is 23.3 Å². The number of hydrogen-bond acceptors (Lipinski definition) is 3. The fraction of sp³-hybridized carbons (Fsp3) is 0.400. The molecule has 0 unspecified atom stereocenters. The Morgan fingerprint density at radius 3 is 2.38 bits per heavy atom. The molecule has 0 heterocycles. The van der Waals surface area contributed by atoms with Crippen LogP contribution in [0.2, 0.25) is 0 Å². The van der Waals surface area contributed by atoms with E-state index < -0.39 is 16.1 Å². The van der Waals surface area contributed by atoms with Gasteiger partial charge in [-0.25, -0.2) is 13.1 Å². The highest BCUT2D eigenvalue weighted by molar-refractivity contribution is 9.08. The summed E-state index contributed by atoms with van der Waals surface area (Å²) in [5.41, 5.74) is 1.01. The lowest BCUT2D eigenvalue weighted by atomic mass is 10.2. The molecule has 2 N–H and O–H groups in total. The molecule has 0 spiro atoms. The lowest BCUT2D eigenvalue weighted by Crippen LogP contribution is -2.30. The van der Waals surface area contributed by atoms with Crippen LogP contribution in [0, 0.1) is 0 Å². The summed E-state index contributed by atoms with van der Waals surface area (Å²) in [6.07, 6.45) is -0.698. The van der Waals surface area contributed by atoms with Gasteiger partial charge in [-0.15, -0.1) is 0 Å². The molecule has 0 fully saturated rings. The Morgan fingerprint density at radius 2 is 1.94 bits per heavy atom. The number of sulfonamides is 1. The molecule has 0 radical (unpaired) electrons. The van der Waals surface area contributed by atoms with E-state index in [1.807, 2.05) is 0 Å². The second-order valence-corrected chi connectivity index (χ2v) is 5.81. The van der Waals surface area contributed by atoms with Gasteiger partial charge >= 0.3 is 0 Å². The van der Waals surface area contributed by atoms with E-state index in [9.17, 15) is 8.42 Å². The Morgan fingerprint density at radius 1 is 1.38 bits per heavy atom. The lowest BCUT2D eigenvalue weighted by Gasteiger charge is -2.08. The van der Waals surface area contributed by atoms with Gasteiger partial charge in [0.25, 0.3) is 0 Å². The van der Waals surface area contributed by atoms with Gasteiger partial charge in [0.05, 0.1) is 11.0 Å². The molecule has 1 aromatic carbocycles. The first-order valence-corrected chi connectivity index (χ1v) is 7.39. The molecule has 90 valence electrons. The van der Waals surface area contributed by atoms with E-state index in [1.54, 1.807) is 24.3 Å². The summed E-state index contributed by atoms with van der Waals surface area (Å²) in [4.78, 5) is 0.206. The molecule has 0 bridgehead atoms. The minimum atomic E-state index is -3.51. The number of benzene rings is 1. The highest BCUT2D eigenvalue weighted by Crippen LogP contribution is 2.12. The third-order valence-electron chi connectivity index (χ3n) is 1.96. The number of nitrogens with one attached hydrogen (secondary N) is 1. The van der Waals surface area contributed by atoms with Crippen molar-refractivity contribution in [2.24, 2.45) is 0 Å². The van der Waals surface area contributed by atoms with Crippen molar-refractivity contribution in [1.29, 1.82) is 0 Å². The fourth-order valence-corrected chi connectivity index (χ4v) is 2.57. The van der Waals surface area contributed by atoms with Crippen LogP contribution in [-0.2, 0) is 15.4 Å². The summed E-state index contributed by atoms with van der Waals surface area (Å²) >= 11 is 3.28. The van der Waals surface area contributed by atoms with Crippen LogP contribution in [0.4, 0.5) is 0 Å². The van der Waals surface area contributed by atoms with Crippen molar-refractivity contribution in [2.75, 3.05) is 6.54 Å². The number of aliphatic hydroxyl groups excluding tert-OH is 1. The first-order valence-electron chi connectivity index (χ1n) is 4.78. The van der Waals surface area contributed by atoms with E-state index >= 15 is 0 Å². The molecular weight excluding hydrogens is 294 g/mol. The largest absolute Gasteiger partial charge is 0.392 e. The van der Waals surface area contributed by atoms with Gasteiger partial charge < -0.3 is 5.11 Å². The van der Waals surface area contributed by atoms with Gasteiger partial charge in [-0.3, -0.25) is 0 Å². The quantitative estimate of drug-likeness (QED) is 0.804. The average Bonchev–Trinajstić information content (AvgIpc) is 2.27. The summed E-state index contributed by atoms with van der Waals surface area (Å²) < 4.78 is 25.7. The topological polar surface area (TPSA) is 66.4 Å². The molecule has 0 saturated heterocycles. The van der Waals surface area contributed by atoms with Crippen LogP contribution in [0.25, 0.3) is 0 Å². The molecule has 0 amide bonds. The Bertz CT molecular complexity index is 428. The standard InChI is InChI=1S/C10H14BrNO3S/c1-8(13)7-12-16(14,15)10-4-2-9(6-11)3-5-10/h2-5,8,12-13H,6-7H2,1H3/t8-/m0/s1.